The normalized spacial score (nSPS) is 19.7. The van der Waals surface area contributed by atoms with Crippen molar-refractivity contribution in [1.82, 2.24) is 0 Å². The Morgan fingerprint density at radius 1 is 1.05 bits per heavy atom. The van der Waals surface area contributed by atoms with Crippen LogP contribution in [-0.2, 0) is 16.4 Å². The number of rotatable bonds is 4. The first-order valence-electron chi connectivity index (χ1n) is 7.42. The summed E-state index contributed by atoms with van der Waals surface area (Å²) in [5.41, 5.74) is 2.42. The number of benzene rings is 2. The molecule has 2 aromatic rings. The van der Waals surface area contributed by atoms with Crippen LogP contribution >= 0.6 is 0 Å². The van der Waals surface area contributed by atoms with Gasteiger partial charge in [-0.15, -0.1) is 0 Å². The fraction of sp³-hybridized carbons (Fsp3) is 0.294. The lowest BCUT2D eigenvalue weighted by Gasteiger charge is -2.35. The molecule has 2 aromatic carbocycles. The Bertz CT molecular complexity index is 744. The summed E-state index contributed by atoms with van der Waals surface area (Å²) >= 11 is 0. The fourth-order valence-electron chi connectivity index (χ4n) is 2.94. The fourth-order valence-corrected chi connectivity index (χ4v) is 4.96. The summed E-state index contributed by atoms with van der Waals surface area (Å²) in [6, 6.07) is 16.8. The second-order valence-electron chi connectivity index (χ2n) is 5.47. The molecular formula is C17H19NO3S. The number of anilines is 2. The number of nitrogens with zero attached hydrogens (tertiary/aromatic N) is 1. The predicted molar refractivity (Wildman–Crippen MR) is 87.8 cm³/mol. The molecular weight excluding hydrogens is 298 g/mol. The zero-order valence-corrected chi connectivity index (χ0v) is 13.0. The maximum atomic E-state index is 13.0. The summed E-state index contributed by atoms with van der Waals surface area (Å²) in [4.78, 5) is 0. The number of hydrogen-bond donors (Lipinski definition) is 1. The minimum Gasteiger partial charge on any atom is -0.396 e. The van der Waals surface area contributed by atoms with Crippen molar-refractivity contribution in [2.24, 2.45) is 0 Å². The molecule has 1 N–H and O–H groups in total. The molecule has 4 nitrogen and oxygen atoms in total. The third kappa shape index (κ3) is 2.62. The van der Waals surface area contributed by atoms with E-state index in [-0.39, 0.29) is 6.61 Å². The van der Waals surface area contributed by atoms with Gasteiger partial charge >= 0.3 is 0 Å². The number of fused-ring (bicyclic) bond motifs is 1. The number of aliphatic hydroxyl groups is 1. The van der Waals surface area contributed by atoms with Crippen LogP contribution in [0, 0.1) is 0 Å². The lowest BCUT2D eigenvalue weighted by atomic mass is 10.0. The van der Waals surface area contributed by atoms with Crippen molar-refractivity contribution in [3.8, 4) is 0 Å². The molecule has 0 saturated carbocycles. The Kier molecular flexibility index (Phi) is 4.18. The molecule has 0 aliphatic carbocycles. The largest absolute Gasteiger partial charge is 0.396 e. The number of sulfonamides is 1. The van der Waals surface area contributed by atoms with Gasteiger partial charge in [-0.05, 0) is 43.0 Å². The summed E-state index contributed by atoms with van der Waals surface area (Å²) in [5.74, 6) is 0. The van der Waals surface area contributed by atoms with Crippen molar-refractivity contribution in [2.75, 3.05) is 10.9 Å². The van der Waals surface area contributed by atoms with Crippen molar-refractivity contribution in [2.45, 2.75) is 24.5 Å². The van der Waals surface area contributed by atoms with Crippen LogP contribution in [0.2, 0.25) is 0 Å². The van der Waals surface area contributed by atoms with Crippen molar-refractivity contribution < 1.29 is 13.5 Å². The molecule has 0 saturated heterocycles. The van der Waals surface area contributed by atoms with Crippen molar-refractivity contribution in [3.05, 3.63) is 60.2 Å². The van der Waals surface area contributed by atoms with E-state index in [0.717, 1.165) is 11.3 Å². The van der Waals surface area contributed by atoms with Gasteiger partial charge in [-0.25, -0.2) is 12.7 Å². The van der Waals surface area contributed by atoms with Crippen molar-refractivity contribution in [1.29, 1.82) is 0 Å². The van der Waals surface area contributed by atoms with Gasteiger partial charge in [0.25, 0.3) is 0 Å². The number of hydrogen-bond acceptors (Lipinski definition) is 3. The Labute approximate surface area is 131 Å². The molecule has 1 aliphatic heterocycles. The highest BCUT2D eigenvalue weighted by Crippen LogP contribution is 2.39. The Morgan fingerprint density at radius 2 is 1.73 bits per heavy atom. The topological polar surface area (TPSA) is 57.6 Å². The summed E-state index contributed by atoms with van der Waals surface area (Å²) in [7, 11) is -3.48. The number of para-hydroxylation sites is 2. The molecule has 0 fully saturated rings. The van der Waals surface area contributed by atoms with Crippen LogP contribution in [0.3, 0.4) is 0 Å². The highest BCUT2D eigenvalue weighted by molar-refractivity contribution is 7.93. The maximum absolute atomic E-state index is 13.0. The van der Waals surface area contributed by atoms with Crippen LogP contribution in [0.15, 0.2) is 54.6 Å². The quantitative estimate of drug-likeness (QED) is 0.943. The summed E-state index contributed by atoms with van der Waals surface area (Å²) in [5, 5.41) is 8.55. The molecule has 22 heavy (non-hydrogen) atoms. The van der Waals surface area contributed by atoms with Crippen LogP contribution < -0.4 is 4.31 Å². The predicted octanol–water partition coefficient (Wildman–Crippen LogP) is 2.85. The van der Waals surface area contributed by atoms with Gasteiger partial charge in [-0.3, -0.25) is 0 Å². The van der Waals surface area contributed by atoms with Crippen LogP contribution in [0.5, 0.6) is 0 Å². The molecule has 1 heterocycles. The van der Waals surface area contributed by atoms with Gasteiger partial charge in [0.15, 0.2) is 0 Å². The second-order valence-corrected chi connectivity index (χ2v) is 7.53. The SMILES string of the molecule is O=S1(=O)C(CCCO)Cc2ccccc2N1c1ccccc1. The first-order valence-corrected chi connectivity index (χ1v) is 8.93. The van der Waals surface area contributed by atoms with Crippen LogP contribution in [0.1, 0.15) is 18.4 Å². The highest BCUT2D eigenvalue weighted by atomic mass is 32.2. The molecule has 5 heteroatoms. The maximum Gasteiger partial charge on any atom is 0.242 e. The first-order chi connectivity index (χ1) is 10.6. The van der Waals surface area contributed by atoms with E-state index in [1.807, 2.05) is 54.6 Å². The van der Waals surface area contributed by atoms with Crippen molar-refractivity contribution >= 4 is 21.4 Å². The Morgan fingerprint density at radius 3 is 2.45 bits per heavy atom. The van der Waals surface area contributed by atoms with E-state index in [1.54, 1.807) is 0 Å². The molecule has 116 valence electrons. The highest BCUT2D eigenvalue weighted by Gasteiger charge is 2.38. The lowest BCUT2D eigenvalue weighted by molar-refractivity contribution is 0.283. The zero-order valence-electron chi connectivity index (χ0n) is 12.2. The van der Waals surface area contributed by atoms with Gasteiger partial charge in [0, 0.05) is 6.61 Å². The molecule has 0 spiro atoms. The molecule has 0 bridgehead atoms. The molecule has 0 amide bonds. The summed E-state index contributed by atoms with van der Waals surface area (Å²) in [6.45, 7) is 0.0129. The standard InChI is InChI=1S/C17H19NO3S/c19-12-6-10-16-13-14-7-4-5-11-17(14)18(22(16,20)21)15-8-2-1-3-9-15/h1-5,7-9,11,16,19H,6,10,12-13H2. The van der Waals surface area contributed by atoms with Gasteiger partial charge in [-0.1, -0.05) is 36.4 Å². The van der Waals surface area contributed by atoms with Crippen molar-refractivity contribution in [3.63, 3.8) is 0 Å². The summed E-state index contributed by atoms with van der Waals surface area (Å²) in [6.07, 6.45) is 1.47. The molecule has 1 aliphatic rings. The second kappa shape index (κ2) is 6.10. The van der Waals surface area contributed by atoms with E-state index < -0.39 is 15.3 Å². The Balaban J connectivity index is 2.12. The Hall–Kier alpha value is -1.85. The van der Waals surface area contributed by atoms with E-state index in [4.69, 9.17) is 5.11 Å². The number of aliphatic hydroxyl groups excluding tert-OH is 1. The van der Waals surface area contributed by atoms with Crippen LogP contribution in [0.25, 0.3) is 0 Å². The van der Waals surface area contributed by atoms with Gasteiger partial charge < -0.3 is 5.11 Å². The van der Waals surface area contributed by atoms with Crippen LogP contribution in [0.4, 0.5) is 11.4 Å². The average Bonchev–Trinajstić information content (AvgIpc) is 2.53. The van der Waals surface area contributed by atoms with E-state index in [0.29, 0.717) is 24.9 Å². The van der Waals surface area contributed by atoms with Gasteiger partial charge in [0.2, 0.25) is 10.0 Å². The average molecular weight is 317 g/mol. The molecule has 3 rings (SSSR count). The van der Waals surface area contributed by atoms with E-state index in [1.165, 1.54) is 4.31 Å². The van der Waals surface area contributed by atoms with E-state index in [9.17, 15) is 8.42 Å². The minimum absolute atomic E-state index is 0.0129. The molecule has 0 aromatic heterocycles. The van der Waals surface area contributed by atoms with E-state index in [2.05, 4.69) is 0 Å². The first kappa shape index (κ1) is 15.1. The zero-order chi connectivity index (χ0) is 15.6. The van der Waals surface area contributed by atoms with E-state index >= 15 is 0 Å². The van der Waals surface area contributed by atoms with Crippen LogP contribution in [-0.4, -0.2) is 25.4 Å². The minimum atomic E-state index is -3.48. The smallest absolute Gasteiger partial charge is 0.242 e. The molecule has 1 unspecified atom stereocenters. The monoisotopic (exact) mass is 317 g/mol. The third-order valence-corrected chi connectivity index (χ3v) is 6.17. The third-order valence-electron chi connectivity index (χ3n) is 4.01. The van der Waals surface area contributed by atoms with Gasteiger partial charge in [0.1, 0.15) is 0 Å². The summed E-state index contributed by atoms with van der Waals surface area (Å²) < 4.78 is 27.5. The lowest BCUT2D eigenvalue weighted by Crippen LogP contribution is -2.41. The molecule has 1 atom stereocenters. The van der Waals surface area contributed by atoms with Gasteiger partial charge in [0.05, 0.1) is 16.6 Å². The molecule has 0 radical (unpaired) electrons. The van der Waals surface area contributed by atoms with Gasteiger partial charge in [-0.2, -0.15) is 0 Å².